The number of carbonyl (C=O) groups excluding carboxylic acids is 3. The smallest absolute Gasteiger partial charge is 0.289 e. The predicted molar refractivity (Wildman–Crippen MR) is 90.0 cm³/mol. The number of ketones is 1. The van der Waals surface area contributed by atoms with Gasteiger partial charge in [0.15, 0.2) is 0 Å². The van der Waals surface area contributed by atoms with Crippen molar-refractivity contribution in [2.24, 2.45) is 5.92 Å². The zero-order valence-electron chi connectivity index (χ0n) is 14.9. The summed E-state index contributed by atoms with van der Waals surface area (Å²) in [6.07, 6.45) is 4.28. The number of nitrogens with one attached hydrogen (secondary N) is 2. The molecule has 6 heteroatoms. The van der Waals surface area contributed by atoms with Crippen molar-refractivity contribution in [1.82, 2.24) is 15.5 Å². The molecule has 132 valence electrons. The lowest BCUT2D eigenvalue weighted by Gasteiger charge is -2.24. The summed E-state index contributed by atoms with van der Waals surface area (Å²) in [6.45, 7) is 7.20. The Morgan fingerprint density at radius 1 is 1.26 bits per heavy atom. The van der Waals surface area contributed by atoms with Gasteiger partial charge in [0.25, 0.3) is 5.91 Å². The molecule has 0 aromatic carbocycles. The van der Waals surface area contributed by atoms with Crippen molar-refractivity contribution in [2.45, 2.75) is 65.0 Å². The summed E-state index contributed by atoms with van der Waals surface area (Å²) in [7, 11) is 1.91. The van der Waals surface area contributed by atoms with Crippen LogP contribution in [-0.2, 0) is 14.4 Å². The Kier molecular flexibility index (Phi) is 8.23. The van der Waals surface area contributed by atoms with Crippen molar-refractivity contribution in [3.8, 4) is 0 Å². The molecular formula is C17H31N3O3. The monoisotopic (exact) mass is 325 g/mol. The molecule has 3 atom stereocenters. The summed E-state index contributed by atoms with van der Waals surface area (Å²) >= 11 is 0. The molecule has 1 heterocycles. The van der Waals surface area contributed by atoms with E-state index in [1.54, 1.807) is 6.92 Å². The number of rotatable bonds is 9. The number of amides is 2. The Labute approximate surface area is 139 Å². The molecule has 2 N–H and O–H groups in total. The maximum atomic E-state index is 12.5. The number of hydrogen-bond donors (Lipinski definition) is 2. The fourth-order valence-corrected chi connectivity index (χ4v) is 3.16. The fraction of sp³-hybridized carbons (Fsp3) is 0.824. The Bertz CT molecular complexity index is 425. The van der Waals surface area contributed by atoms with E-state index in [9.17, 15) is 14.4 Å². The van der Waals surface area contributed by atoms with Gasteiger partial charge in [-0.15, -0.1) is 0 Å². The second kappa shape index (κ2) is 9.65. The van der Waals surface area contributed by atoms with Gasteiger partial charge in [-0.3, -0.25) is 19.3 Å². The van der Waals surface area contributed by atoms with Gasteiger partial charge in [-0.25, -0.2) is 0 Å². The summed E-state index contributed by atoms with van der Waals surface area (Å²) in [5, 5.41) is 5.36. The number of nitrogens with zero attached hydrogens (tertiary/aromatic N) is 1. The van der Waals surface area contributed by atoms with E-state index in [0.29, 0.717) is 13.0 Å². The summed E-state index contributed by atoms with van der Waals surface area (Å²) in [5.41, 5.74) is 0. The minimum atomic E-state index is -0.732. The third kappa shape index (κ3) is 5.94. The van der Waals surface area contributed by atoms with Crippen molar-refractivity contribution in [2.75, 3.05) is 20.1 Å². The van der Waals surface area contributed by atoms with Crippen LogP contribution in [0.3, 0.4) is 0 Å². The Morgan fingerprint density at radius 2 is 1.96 bits per heavy atom. The van der Waals surface area contributed by atoms with E-state index in [1.807, 2.05) is 11.9 Å². The van der Waals surface area contributed by atoms with Crippen molar-refractivity contribution in [3.05, 3.63) is 0 Å². The lowest BCUT2D eigenvalue weighted by Crippen LogP contribution is -2.52. The van der Waals surface area contributed by atoms with Gasteiger partial charge >= 0.3 is 0 Å². The first-order valence-electron chi connectivity index (χ1n) is 8.73. The Balaban J connectivity index is 2.75. The van der Waals surface area contributed by atoms with Crippen LogP contribution in [0, 0.1) is 5.92 Å². The van der Waals surface area contributed by atoms with Crippen LogP contribution in [-0.4, -0.2) is 54.7 Å². The van der Waals surface area contributed by atoms with Gasteiger partial charge in [-0.05, 0) is 45.7 Å². The van der Waals surface area contributed by atoms with E-state index < -0.39 is 17.7 Å². The maximum absolute atomic E-state index is 12.5. The highest BCUT2D eigenvalue weighted by Gasteiger charge is 2.33. The molecule has 6 nitrogen and oxygen atoms in total. The van der Waals surface area contributed by atoms with Gasteiger partial charge in [-0.1, -0.05) is 26.7 Å². The molecule has 2 unspecified atom stereocenters. The molecule has 0 aliphatic carbocycles. The zero-order chi connectivity index (χ0) is 17.4. The number of likely N-dealkylation sites (tertiary alicyclic amines) is 1. The summed E-state index contributed by atoms with van der Waals surface area (Å²) in [5.74, 6) is -1.01. The van der Waals surface area contributed by atoms with Gasteiger partial charge < -0.3 is 10.6 Å². The summed E-state index contributed by atoms with van der Waals surface area (Å²) in [6, 6.07) is -0.925. The van der Waals surface area contributed by atoms with Crippen LogP contribution in [0.2, 0.25) is 0 Å². The van der Waals surface area contributed by atoms with Crippen LogP contribution in [0.25, 0.3) is 0 Å². The maximum Gasteiger partial charge on any atom is 0.289 e. The van der Waals surface area contributed by atoms with Gasteiger partial charge in [0, 0.05) is 6.54 Å². The van der Waals surface area contributed by atoms with E-state index in [-0.39, 0.29) is 17.9 Å². The third-order valence-corrected chi connectivity index (χ3v) is 4.44. The van der Waals surface area contributed by atoms with Crippen molar-refractivity contribution in [3.63, 3.8) is 0 Å². The lowest BCUT2D eigenvalue weighted by atomic mass is 9.94. The molecule has 0 bridgehead atoms. The highest BCUT2D eigenvalue weighted by atomic mass is 16.2. The summed E-state index contributed by atoms with van der Waals surface area (Å²) in [4.78, 5) is 38.7. The van der Waals surface area contributed by atoms with Crippen LogP contribution in [0.4, 0.5) is 0 Å². The third-order valence-electron chi connectivity index (χ3n) is 4.44. The number of likely N-dealkylation sites (N-methyl/N-ethyl adjacent to an activating group) is 2. The number of carbonyl (C=O) groups is 3. The minimum Gasteiger partial charge on any atom is -0.350 e. The molecule has 0 aromatic heterocycles. The van der Waals surface area contributed by atoms with Crippen LogP contribution < -0.4 is 10.6 Å². The Hall–Kier alpha value is -1.43. The van der Waals surface area contributed by atoms with Crippen LogP contribution in [0.15, 0.2) is 0 Å². The van der Waals surface area contributed by atoms with E-state index in [2.05, 4.69) is 24.5 Å². The Morgan fingerprint density at radius 3 is 2.48 bits per heavy atom. The van der Waals surface area contributed by atoms with E-state index in [1.165, 1.54) is 0 Å². The molecule has 1 aliphatic rings. The quantitative estimate of drug-likeness (QED) is 0.622. The van der Waals surface area contributed by atoms with Crippen LogP contribution >= 0.6 is 0 Å². The largest absolute Gasteiger partial charge is 0.350 e. The van der Waals surface area contributed by atoms with Crippen molar-refractivity contribution in [1.29, 1.82) is 0 Å². The summed E-state index contributed by atoms with van der Waals surface area (Å²) < 4.78 is 0. The molecule has 0 saturated carbocycles. The molecule has 0 radical (unpaired) electrons. The van der Waals surface area contributed by atoms with Gasteiger partial charge in [0.05, 0.1) is 12.1 Å². The van der Waals surface area contributed by atoms with Crippen molar-refractivity contribution >= 4 is 17.6 Å². The highest BCUT2D eigenvalue weighted by molar-refractivity contribution is 6.38. The average molecular weight is 325 g/mol. The molecule has 0 spiro atoms. The molecule has 2 amide bonds. The second-order valence-electron chi connectivity index (χ2n) is 6.55. The lowest BCUT2D eigenvalue weighted by molar-refractivity contribution is -0.140. The molecule has 1 aliphatic heterocycles. The van der Waals surface area contributed by atoms with Gasteiger partial charge in [-0.2, -0.15) is 0 Å². The molecule has 0 aromatic rings. The molecule has 1 saturated heterocycles. The van der Waals surface area contributed by atoms with Crippen LogP contribution in [0.1, 0.15) is 52.9 Å². The second-order valence-corrected chi connectivity index (χ2v) is 6.55. The normalized spacial score (nSPS) is 20.8. The predicted octanol–water partition coefficient (Wildman–Crippen LogP) is 1.10. The number of hydrogen-bond acceptors (Lipinski definition) is 4. The fourth-order valence-electron chi connectivity index (χ4n) is 3.16. The van der Waals surface area contributed by atoms with E-state index in [4.69, 9.17) is 0 Å². The van der Waals surface area contributed by atoms with Gasteiger partial charge in [0.1, 0.15) is 0 Å². The van der Waals surface area contributed by atoms with Crippen LogP contribution in [0.5, 0.6) is 0 Å². The first-order valence-corrected chi connectivity index (χ1v) is 8.73. The minimum absolute atomic E-state index is 0.142. The van der Waals surface area contributed by atoms with E-state index >= 15 is 0 Å². The number of Topliss-reactive ketones (excluding diaryl/α,β-unsaturated/α-hetero) is 1. The highest BCUT2D eigenvalue weighted by Crippen LogP contribution is 2.17. The molecule has 1 rings (SSSR count). The zero-order valence-corrected chi connectivity index (χ0v) is 14.9. The SMILES string of the molecule is CCCC(C)CC(NC(=O)[C@@H]1CCCN1C)C(=O)C(=O)NCC. The topological polar surface area (TPSA) is 78.5 Å². The molecule has 1 fully saturated rings. The molecule has 23 heavy (non-hydrogen) atoms. The standard InChI is InChI=1S/C17H31N3O3/c1-5-8-12(3)11-13(15(21)17(23)18-6-2)19-16(22)14-9-7-10-20(14)4/h12-14H,5-11H2,1-4H3,(H,18,23)(H,19,22)/t12?,13?,14-/m0/s1. The van der Waals surface area contributed by atoms with E-state index in [0.717, 1.165) is 32.2 Å². The van der Waals surface area contributed by atoms with Crippen molar-refractivity contribution < 1.29 is 14.4 Å². The first kappa shape index (κ1) is 19.6. The molecular weight excluding hydrogens is 294 g/mol. The average Bonchev–Trinajstić information content (AvgIpc) is 2.92. The van der Waals surface area contributed by atoms with Gasteiger partial charge in [0.2, 0.25) is 11.7 Å². The first-order chi connectivity index (χ1) is 10.9.